The lowest BCUT2D eigenvalue weighted by Gasteiger charge is -2.57. The molecule has 0 bridgehead atoms. The van der Waals surface area contributed by atoms with Crippen LogP contribution in [0.25, 0.3) is 0 Å². The van der Waals surface area contributed by atoms with Crippen LogP contribution in [-0.2, 0) is 9.53 Å². The first-order valence-corrected chi connectivity index (χ1v) is 11.0. The zero-order valence-corrected chi connectivity index (χ0v) is 18.0. The van der Waals surface area contributed by atoms with Gasteiger partial charge in [0.05, 0.1) is 12.2 Å². The maximum absolute atomic E-state index is 11.4. The zero-order chi connectivity index (χ0) is 20.0. The number of ether oxygens (including phenoxy) is 1. The smallest absolute Gasteiger partial charge is 0.302 e. The Kier molecular flexibility index (Phi) is 5.73. The number of fused-ring (bicyclic) bond motifs is 1. The second kappa shape index (κ2) is 7.33. The molecule has 3 aliphatic carbocycles. The molecule has 0 aromatic carbocycles. The van der Waals surface area contributed by atoms with Gasteiger partial charge in [0.2, 0.25) is 0 Å². The summed E-state index contributed by atoms with van der Waals surface area (Å²) in [6.45, 7) is 11.1. The summed E-state index contributed by atoms with van der Waals surface area (Å²) < 4.78 is 5.48. The van der Waals surface area contributed by atoms with E-state index in [0.29, 0.717) is 30.3 Å². The number of hydrogen-bond donors (Lipinski definition) is 2. The SMILES string of the molecule is CC(=O)OC[C@H]1C[C@@H](C)CC[C@]1(C)[C@H]1CC[C@@]2(C)[C@@H](CC[C@]2(C)O)[C@@H]1CO. The molecule has 0 amide bonds. The molecule has 0 heterocycles. The Morgan fingerprint density at radius 1 is 1.07 bits per heavy atom. The third kappa shape index (κ3) is 3.46. The summed E-state index contributed by atoms with van der Waals surface area (Å²) in [4.78, 5) is 11.4. The number of carbonyl (C=O) groups excluding carboxylic acids is 1. The van der Waals surface area contributed by atoms with E-state index in [1.54, 1.807) is 0 Å². The van der Waals surface area contributed by atoms with Gasteiger partial charge in [0, 0.05) is 13.5 Å². The molecule has 0 saturated heterocycles. The molecular weight excluding hydrogens is 340 g/mol. The topological polar surface area (TPSA) is 66.8 Å². The highest BCUT2D eigenvalue weighted by Crippen LogP contribution is 2.65. The van der Waals surface area contributed by atoms with Gasteiger partial charge in [-0.1, -0.05) is 27.2 Å². The first-order chi connectivity index (χ1) is 12.5. The number of carbonyl (C=O) groups is 1. The van der Waals surface area contributed by atoms with Gasteiger partial charge < -0.3 is 14.9 Å². The average Bonchev–Trinajstić information content (AvgIpc) is 2.84. The van der Waals surface area contributed by atoms with Crippen molar-refractivity contribution in [1.82, 2.24) is 0 Å². The van der Waals surface area contributed by atoms with E-state index < -0.39 is 5.60 Å². The first-order valence-electron chi connectivity index (χ1n) is 11.0. The van der Waals surface area contributed by atoms with Gasteiger partial charge in [0.15, 0.2) is 0 Å². The third-order valence-corrected chi connectivity index (χ3v) is 9.34. The highest BCUT2D eigenvalue weighted by molar-refractivity contribution is 5.65. The summed E-state index contributed by atoms with van der Waals surface area (Å²) in [5, 5.41) is 21.4. The monoisotopic (exact) mass is 380 g/mol. The largest absolute Gasteiger partial charge is 0.466 e. The molecule has 4 nitrogen and oxygen atoms in total. The Morgan fingerprint density at radius 3 is 2.37 bits per heavy atom. The van der Waals surface area contributed by atoms with Crippen LogP contribution < -0.4 is 0 Å². The van der Waals surface area contributed by atoms with Crippen molar-refractivity contribution in [2.24, 2.45) is 40.4 Å². The molecule has 2 N–H and O–H groups in total. The van der Waals surface area contributed by atoms with Gasteiger partial charge in [0.25, 0.3) is 0 Å². The van der Waals surface area contributed by atoms with Crippen molar-refractivity contribution in [2.45, 2.75) is 85.2 Å². The predicted octanol–water partition coefficient (Wildman–Crippen LogP) is 4.18. The van der Waals surface area contributed by atoms with Gasteiger partial charge in [-0.05, 0) is 85.9 Å². The van der Waals surface area contributed by atoms with E-state index in [4.69, 9.17) is 4.74 Å². The normalized spacial score (nSPS) is 50.3. The van der Waals surface area contributed by atoms with E-state index in [-0.39, 0.29) is 29.3 Å². The highest BCUT2D eigenvalue weighted by atomic mass is 16.5. The minimum atomic E-state index is -0.630. The quantitative estimate of drug-likeness (QED) is 0.718. The van der Waals surface area contributed by atoms with Crippen LogP contribution in [0.15, 0.2) is 0 Å². The van der Waals surface area contributed by atoms with Gasteiger partial charge >= 0.3 is 5.97 Å². The van der Waals surface area contributed by atoms with Crippen molar-refractivity contribution in [3.05, 3.63) is 0 Å². The molecule has 8 atom stereocenters. The Hall–Kier alpha value is -0.610. The lowest BCUT2D eigenvalue weighted by atomic mass is 9.48. The summed E-state index contributed by atoms with van der Waals surface area (Å²) in [6, 6.07) is 0. The van der Waals surface area contributed by atoms with Crippen molar-refractivity contribution >= 4 is 5.97 Å². The van der Waals surface area contributed by atoms with Crippen molar-refractivity contribution in [3.8, 4) is 0 Å². The Bertz CT molecular complexity index is 559. The molecule has 0 spiro atoms. The summed E-state index contributed by atoms with van der Waals surface area (Å²) in [5.74, 6) is 1.86. The number of aliphatic hydroxyl groups is 2. The fraction of sp³-hybridized carbons (Fsp3) is 0.957. The first kappa shape index (κ1) is 21.1. The van der Waals surface area contributed by atoms with E-state index in [9.17, 15) is 15.0 Å². The standard InChI is InChI=1S/C23H40O4/c1-15-6-9-21(3,17(12-15)14-27-16(2)25)19-7-10-22(4)20(18(19)13-24)8-11-23(22,5)26/h15,17-20,24,26H,6-14H2,1-5H3/t15-,17+,18+,19-,20-,21-,22-,23-/m0/s1. The Balaban J connectivity index is 1.87. The van der Waals surface area contributed by atoms with Crippen LogP contribution in [0.2, 0.25) is 0 Å². The molecule has 0 aliphatic heterocycles. The van der Waals surface area contributed by atoms with E-state index in [2.05, 4.69) is 20.8 Å². The van der Waals surface area contributed by atoms with Crippen LogP contribution in [0, 0.1) is 40.4 Å². The molecule has 3 rings (SSSR count). The zero-order valence-electron chi connectivity index (χ0n) is 18.0. The van der Waals surface area contributed by atoms with Crippen molar-refractivity contribution in [3.63, 3.8) is 0 Å². The summed E-state index contributed by atoms with van der Waals surface area (Å²) in [5.41, 5.74) is -0.638. The molecule has 0 aromatic heterocycles. The van der Waals surface area contributed by atoms with Crippen LogP contribution in [0.3, 0.4) is 0 Å². The Morgan fingerprint density at radius 2 is 1.74 bits per heavy atom. The maximum atomic E-state index is 11.4. The third-order valence-electron chi connectivity index (χ3n) is 9.34. The molecular formula is C23H40O4. The average molecular weight is 381 g/mol. The molecule has 3 fully saturated rings. The summed E-state index contributed by atoms with van der Waals surface area (Å²) >= 11 is 0. The van der Waals surface area contributed by atoms with Crippen LogP contribution in [-0.4, -0.2) is 35.0 Å². The minimum Gasteiger partial charge on any atom is -0.466 e. The number of esters is 1. The lowest BCUT2D eigenvalue weighted by Crippen LogP contribution is -2.55. The fourth-order valence-electron chi connectivity index (χ4n) is 7.20. The molecule has 0 unspecified atom stereocenters. The lowest BCUT2D eigenvalue weighted by molar-refractivity contribution is -0.155. The Labute approximate surface area is 165 Å². The van der Waals surface area contributed by atoms with Crippen LogP contribution >= 0.6 is 0 Å². The summed E-state index contributed by atoms with van der Waals surface area (Å²) in [7, 11) is 0. The van der Waals surface area contributed by atoms with E-state index >= 15 is 0 Å². The van der Waals surface area contributed by atoms with Crippen LogP contribution in [0.5, 0.6) is 0 Å². The molecule has 27 heavy (non-hydrogen) atoms. The molecule has 0 radical (unpaired) electrons. The van der Waals surface area contributed by atoms with Gasteiger partial charge in [-0.2, -0.15) is 0 Å². The second-order valence-electron chi connectivity index (χ2n) is 10.7. The van der Waals surface area contributed by atoms with Gasteiger partial charge in [0.1, 0.15) is 0 Å². The van der Waals surface area contributed by atoms with E-state index in [0.717, 1.165) is 38.5 Å². The van der Waals surface area contributed by atoms with E-state index in [1.807, 2.05) is 6.92 Å². The molecule has 3 aliphatic rings. The van der Waals surface area contributed by atoms with Crippen LogP contribution in [0.1, 0.15) is 79.6 Å². The number of rotatable bonds is 4. The number of aliphatic hydroxyl groups excluding tert-OH is 1. The molecule has 4 heteroatoms. The number of hydrogen-bond acceptors (Lipinski definition) is 4. The summed E-state index contributed by atoms with van der Waals surface area (Å²) in [6.07, 6.45) is 7.36. The van der Waals surface area contributed by atoms with Gasteiger partial charge in [-0.3, -0.25) is 4.79 Å². The highest BCUT2D eigenvalue weighted by Gasteiger charge is 2.61. The van der Waals surface area contributed by atoms with E-state index in [1.165, 1.54) is 13.3 Å². The second-order valence-corrected chi connectivity index (χ2v) is 10.7. The fourth-order valence-corrected chi connectivity index (χ4v) is 7.20. The van der Waals surface area contributed by atoms with Gasteiger partial charge in [-0.15, -0.1) is 0 Å². The van der Waals surface area contributed by atoms with Crippen molar-refractivity contribution < 1.29 is 19.7 Å². The predicted molar refractivity (Wildman–Crippen MR) is 106 cm³/mol. The molecule has 0 aromatic rings. The van der Waals surface area contributed by atoms with Crippen molar-refractivity contribution in [1.29, 1.82) is 0 Å². The minimum absolute atomic E-state index is 0.0884. The van der Waals surface area contributed by atoms with Crippen molar-refractivity contribution in [2.75, 3.05) is 13.2 Å². The molecule has 3 saturated carbocycles. The van der Waals surface area contributed by atoms with Gasteiger partial charge in [-0.25, -0.2) is 0 Å². The maximum Gasteiger partial charge on any atom is 0.302 e. The molecule has 156 valence electrons. The van der Waals surface area contributed by atoms with Crippen LogP contribution in [0.4, 0.5) is 0 Å².